The number of nitrogens with two attached hydrogens (primary N) is 2. The molecule has 1 heterocycles. The van der Waals surface area contributed by atoms with Gasteiger partial charge in [0.2, 0.25) is 0 Å². The Morgan fingerprint density at radius 1 is 1.65 bits per heavy atom. The Morgan fingerprint density at radius 2 is 2.35 bits per heavy atom. The molecule has 96 valence electrons. The first kappa shape index (κ1) is 14.1. The number of rotatable bonds is 6. The highest BCUT2D eigenvalue weighted by Gasteiger charge is 2.14. The van der Waals surface area contributed by atoms with E-state index in [-0.39, 0.29) is 5.76 Å². The van der Waals surface area contributed by atoms with Gasteiger partial charge in [0, 0.05) is 5.56 Å². The fourth-order valence-corrected chi connectivity index (χ4v) is 2.34. The first-order chi connectivity index (χ1) is 8.08. The third kappa shape index (κ3) is 4.07. The number of hydrogen-bond acceptors (Lipinski definition) is 5. The van der Waals surface area contributed by atoms with Crippen molar-refractivity contribution in [1.29, 1.82) is 0 Å². The van der Waals surface area contributed by atoms with Crippen LogP contribution < -0.4 is 17.0 Å². The highest BCUT2D eigenvalue weighted by atomic mass is 32.2. The highest BCUT2D eigenvalue weighted by Crippen LogP contribution is 2.20. The molecule has 0 spiro atoms. The van der Waals surface area contributed by atoms with E-state index in [0.29, 0.717) is 12.5 Å². The van der Waals surface area contributed by atoms with Crippen LogP contribution >= 0.6 is 11.8 Å². The summed E-state index contributed by atoms with van der Waals surface area (Å²) in [5, 5.41) is 0. The van der Waals surface area contributed by atoms with Gasteiger partial charge >= 0.3 is 5.91 Å². The zero-order chi connectivity index (χ0) is 12.8. The molecule has 0 radical (unpaired) electrons. The van der Waals surface area contributed by atoms with E-state index in [1.165, 1.54) is 0 Å². The van der Waals surface area contributed by atoms with E-state index in [0.717, 1.165) is 22.8 Å². The fourth-order valence-electron chi connectivity index (χ4n) is 1.34. The van der Waals surface area contributed by atoms with Crippen LogP contribution in [0.5, 0.6) is 0 Å². The fraction of sp³-hybridized carbons (Fsp3) is 0.545. The number of thioether (sulfide) groups is 1. The van der Waals surface area contributed by atoms with Gasteiger partial charge in [-0.1, -0.05) is 6.92 Å². The largest absolute Gasteiger partial charge is 0.455 e. The lowest BCUT2D eigenvalue weighted by Gasteiger charge is -2.05. The number of nitrogens with one attached hydrogen (secondary N) is 1. The minimum Gasteiger partial charge on any atom is -0.455 e. The summed E-state index contributed by atoms with van der Waals surface area (Å²) in [7, 11) is 0. The van der Waals surface area contributed by atoms with E-state index in [1.807, 2.05) is 13.0 Å². The molecule has 0 saturated heterocycles. The van der Waals surface area contributed by atoms with E-state index in [1.54, 1.807) is 11.8 Å². The Balaban J connectivity index is 2.53. The second kappa shape index (κ2) is 6.68. The maximum absolute atomic E-state index is 11.3. The molecule has 1 rings (SSSR count). The summed E-state index contributed by atoms with van der Waals surface area (Å²) in [5.74, 6) is 7.95. The van der Waals surface area contributed by atoms with Gasteiger partial charge in [-0.2, -0.15) is 11.8 Å². The zero-order valence-corrected chi connectivity index (χ0v) is 11.0. The minimum absolute atomic E-state index is 0.287. The van der Waals surface area contributed by atoms with E-state index >= 15 is 0 Å². The number of hydrazine groups is 1. The van der Waals surface area contributed by atoms with Crippen LogP contribution in [0.15, 0.2) is 10.5 Å². The van der Waals surface area contributed by atoms with Crippen molar-refractivity contribution < 1.29 is 9.21 Å². The predicted molar refractivity (Wildman–Crippen MR) is 69.5 cm³/mol. The third-order valence-electron chi connectivity index (χ3n) is 2.36. The molecule has 6 heteroatoms. The van der Waals surface area contributed by atoms with Crippen molar-refractivity contribution in [3.63, 3.8) is 0 Å². The Morgan fingerprint density at radius 3 is 2.94 bits per heavy atom. The molecule has 0 saturated carbocycles. The summed E-state index contributed by atoms with van der Waals surface area (Å²) in [5.41, 5.74) is 8.40. The molecule has 0 aromatic carbocycles. The Bertz CT molecular complexity index is 379. The lowest BCUT2D eigenvalue weighted by atomic mass is 10.2. The van der Waals surface area contributed by atoms with Gasteiger partial charge in [0.15, 0.2) is 5.76 Å². The lowest BCUT2D eigenvalue weighted by Crippen LogP contribution is -2.30. The summed E-state index contributed by atoms with van der Waals surface area (Å²) >= 11 is 1.74. The second-order valence-electron chi connectivity index (χ2n) is 4.05. The van der Waals surface area contributed by atoms with Crippen LogP contribution in [-0.4, -0.2) is 18.2 Å². The molecule has 5 nitrogen and oxygen atoms in total. The van der Waals surface area contributed by atoms with Crippen LogP contribution in [0.25, 0.3) is 0 Å². The van der Waals surface area contributed by atoms with E-state index in [4.69, 9.17) is 16.0 Å². The molecule has 1 aromatic heterocycles. The van der Waals surface area contributed by atoms with Crippen molar-refractivity contribution in [3.05, 3.63) is 23.2 Å². The highest BCUT2D eigenvalue weighted by molar-refractivity contribution is 7.98. The van der Waals surface area contributed by atoms with Crippen LogP contribution in [0.2, 0.25) is 0 Å². The number of amides is 1. The number of carbonyl (C=O) groups is 1. The standard InChI is InChI=1S/C11H19N3O2S/c1-7(4-12)5-17-6-9-3-8(2)10(16-9)11(15)14-13/h3,7H,4-6,12-13H2,1-2H3,(H,14,15). The molecule has 0 bridgehead atoms. The van der Waals surface area contributed by atoms with Gasteiger partial charge in [0.05, 0.1) is 5.75 Å². The van der Waals surface area contributed by atoms with Crippen LogP contribution in [0.1, 0.15) is 28.8 Å². The first-order valence-electron chi connectivity index (χ1n) is 5.46. The zero-order valence-electron chi connectivity index (χ0n) is 10.2. The first-order valence-corrected chi connectivity index (χ1v) is 6.62. The van der Waals surface area contributed by atoms with E-state index in [2.05, 4.69) is 12.3 Å². The Kier molecular flexibility index (Phi) is 5.54. The average molecular weight is 257 g/mol. The summed E-state index contributed by atoms with van der Waals surface area (Å²) in [6, 6.07) is 1.87. The number of aryl methyl sites for hydroxylation is 1. The normalized spacial score (nSPS) is 12.5. The Labute approximate surface area is 105 Å². The number of hydrogen-bond donors (Lipinski definition) is 3. The number of carbonyl (C=O) groups excluding carboxylic acids is 1. The molecule has 1 unspecified atom stereocenters. The SMILES string of the molecule is Cc1cc(CSCC(C)CN)oc1C(=O)NN. The molecule has 0 aliphatic rings. The topological polar surface area (TPSA) is 94.3 Å². The molecule has 0 fully saturated rings. The van der Waals surface area contributed by atoms with Gasteiger partial charge in [-0.25, -0.2) is 5.84 Å². The smallest absolute Gasteiger partial charge is 0.301 e. The summed E-state index contributed by atoms with van der Waals surface area (Å²) in [4.78, 5) is 11.3. The van der Waals surface area contributed by atoms with Crippen molar-refractivity contribution in [2.24, 2.45) is 17.5 Å². The maximum atomic E-state index is 11.3. The molecule has 5 N–H and O–H groups in total. The van der Waals surface area contributed by atoms with Gasteiger partial charge < -0.3 is 10.2 Å². The Hall–Kier alpha value is -0.980. The molecule has 1 atom stereocenters. The summed E-state index contributed by atoms with van der Waals surface area (Å²) in [6.45, 7) is 4.61. The lowest BCUT2D eigenvalue weighted by molar-refractivity contribution is 0.0923. The van der Waals surface area contributed by atoms with E-state index in [9.17, 15) is 4.79 Å². The van der Waals surface area contributed by atoms with Crippen molar-refractivity contribution in [1.82, 2.24) is 5.43 Å². The van der Waals surface area contributed by atoms with Gasteiger partial charge in [-0.05, 0) is 31.2 Å². The predicted octanol–water partition coefficient (Wildman–Crippen LogP) is 1.02. The van der Waals surface area contributed by atoms with Gasteiger partial charge in [0.1, 0.15) is 5.76 Å². The van der Waals surface area contributed by atoms with Gasteiger partial charge in [-0.3, -0.25) is 10.2 Å². The molecular weight excluding hydrogens is 238 g/mol. The van der Waals surface area contributed by atoms with Crippen LogP contribution in [0, 0.1) is 12.8 Å². The van der Waals surface area contributed by atoms with Crippen molar-refractivity contribution in [2.75, 3.05) is 12.3 Å². The number of furan rings is 1. The van der Waals surface area contributed by atoms with Crippen molar-refractivity contribution >= 4 is 17.7 Å². The molecule has 1 aromatic rings. The number of nitrogen functional groups attached to an aromatic ring is 1. The summed E-state index contributed by atoms with van der Waals surface area (Å²) < 4.78 is 5.44. The van der Waals surface area contributed by atoms with Gasteiger partial charge in [0.25, 0.3) is 0 Å². The molecular formula is C11H19N3O2S. The quantitative estimate of drug-likeness (QED) is 0.402. The van der Waals surface area contributed by atoms with Crippen LogP contribution in [0.4, 0.5) is 0 Å². The second-order valence-corrected chi connectivity index (χ2v) is 5.08. The van der Waals surface area contributed by atoms with E-state index < -0.39 is 5.91 Å². The molecule has 17 heavy (non-hydrogen) atoms. The summed E-state index contributed by atoms with van der Waals surface area (Å²) in [6.07, 6.45) is 0. The molecule has 1 amide bonds. The molecule has 0 aliphatic heterocycles. The minimum atomic E-state index is -0.394. The van der Waals surface area contributed by atoms with Crippen molar-refractivity contribution in [3.8, 4) is 0 Å². The maximum Gasteiger partial charge on any atom is 0.301 e. The van der Waals surface area contributed by atoms with Crippen LogP contribution in [-0.2, 0) is 5.75 Å². The monoisotopic (exact) mass is 257 g/mol. The molecule has 0 aliphatic carbocycles. The average Bonchev–Trinajstić information content (AvgIpc) is 2.69. The van der Waals surface area contributed by atoms with Crippen LogP contribution in [0.3, 0.4) is 0 Å². The van der Waals surface area contributed by atoms with Crippen molar-refractivity contribution in [2.45, 2.75) is 19.6 Å². The third-order valence-corrected chi connectivity index (χ3v) is 3.65. The van der Waals surface area contributed by atoms with Gasteiger partial charge in [-0.15, -0.1) is 0 Å².